The molecule has 1 aromatic carbocycles. The number of halogens is 1. The van der Waals surface area contributed by atoms with Gasteiger partial charge in [-0.1, -0.05) is 48.6 Å². The summed E-state index contributed by atoms with van der Waals surface area (Å²) in [5.41, 5.74) is 8.01. The van der Waals surface area contributed by atoms with Gasteiger partial charge in [-0.15, -0.1) is 11.6 Å². The topological polar surface area (TPSA) is 26.0 Å². The van der Waals surface area contributed by atoms with E-state index >= 15 is 0 Å². The fraction of sp³-hybridized carbons (Fsp3) is 0.231. The van der Waals surface area contributed by atoms with Crippen LogP contribution in [0.1, 0.15) is 12.0 Å². The van der Waals surface area contributed by atoms with Crippen LogP contribution in [0.5, 0.6) is 0 Å². The maximum atomic E-state index is 6.35. The number of nitrogens with two attached hydrogens (primary N) is 1. The van der Waals surface area contributed by atoms with Crippen molar-refractivity contribution in [2.24, 2.45) is 5.73 Å². The predicted octanol–water partition coefficient (Wildman–Crippen LogP) is 2.97. The summed E-state index contributed by atoms with van der Waals surface area (Å²) in [5.74, 6) is 0. The molecule has 0 fully saturated rings. The van der Waals surface area contributed by atoms with Crippen LogP contribution in [0.2, 0.25) is 0 Å². The van der Waals surface area contributed by atoms with Crippen molar-refractivity contribution in [3.63, 3.8) is 0 Å². The number of allylic oxidation sites excluding steroid dienone is 3. The fourth-order valence-electron chi connectivity index (χ4n) is 1.72. The van der Waals surface area contributed by atoms with Gasteiger partial charge in [-0.3, -0.25) is 0 Å². The van der Waals surface area contributed by atoms with Gasteiger partial charge in [0.25, 0.3) is 0 Å². The first-order valence-corrected chi connectivity index (χ1v) is 5.45. The second kappa shape index (κ2) is 4.21. The van der Waals surface area contributed by atoms with Crippen molar-refractivity contribution >= 4 is 17.2 Å². The molecular weight excluding hydrogens is 206 g/mol. The number of hydrogen-bond acceptors (Lipinski definition) is 1. The minimum absolute atomic E-state index is 0.403. The molecule has 0 aliphatic heterocycles. The summed E-state index contributed by atoms with van der Waals surface area (Å²) in [5, 5.41) is 0. The third kappa shape index (κ3) is 2.31. The number of benzene rings is 1. The Bertz CT molecular complexity index is 394. The first-order chi connectivity index (χ1) is 7.23. The molecule has 1 aliphatic rings. The second-order valence-electron chi connectivity index (χ2n) is 3.81. The third-order valence-electron chi connectivity index (χ3n) is 2.62. The third-order valence-corrected chi connectivity index (χ3v) is 3.03. The van der Waals surface area contributed by atoms with Crippen LogP contribution in [0.4, 0.5) is 0 Å². The lowest BCUT2D eigenvalue weighted by Crippen LogP contribution is -2.30. The molecule has 0 saturated heterocycles. The first kappa shape index (κ1) is 10.5. The molecule has 2 rings (SSSR count). The molecule has 1 aromatic rings. The maximum absolute atomic E-state index is 6.35. The number of alkyl halides is 1. The second-order valence-corrected chi connectivity index (χ2v) is 4.56. The minimum Gasteiger partial charge on any atom is -0.328 e. The molecule has 0 aromatic heterocycles. The molecular formula is C13H14ClN. The van der Waals surface area contributed by atoms with Gasteiger partial charge in [0.1, 0.15) is 0 Å². The Labute approximate surface area is 95.2 Å². The number of hydrogen-bond donors (Lipinski definition) is 1. The van der Waals surface area contributed by atoms with E-state index in [4.69, 9.17) is 17.3 Å². The fourth-order valence-corrected chi connectivity index (χ4v) is 1.93. The van der Waals surface area contributed by atoms with Gasteiger partial charge in [0.15, 0.2) is 0 Å². The Hall–Kier alpha value is -1.05. The van der Waals surface area contributed by atoms with Gasteiger partial charge < -0.3 is 5.73 Å². The highest BCUT2D eigenvalue weighted by Gasteiger charge is 2.24. The van der Waals surface area contributed by atoms with E-state index in [-0.39, 0.29) is 0 Å². The van der Waals surface area contributed by atoms with E-state index in [0.29, 0.717) is 6.54 Å². The van der Waals surface area contributed by atoms with Crippen LogP contribution in [-0.4, -0.2) is 11.4 Å². The van der Waals surface area contributed by atoms with E-state index in [1.165, 1.54) is 5.56 Å². The van der Waals surface area contributed by atoms with Gasteiger partial charge in [-0.05, 0) is 17.6 Å². The van der Waals surface area contributed by atoms with Crippen molar-refractivity contribution in [1.29, 1.82) is 0 Å². The van der Waals surface area contributed by atoms with Crippen molar-refractivity contribution in [2.45, 2.75) is 11.3 Å². The molecule has 2 N–H and O–H groups in total. The van der Waals surface area contributed by atoms with Crippen LogP contribution in [0.3, 0.4) is 0 Å². The summed E-state index contributed by atoms with van der Waals surface area (Å²) < 4.78 is 0. The first-order valence-electron chi connectivity index (χ1n) is 5.07. The summed E-state index contributed by atoms with van der Waals surface area (Å²) in [6.07, 6.45) is 7.05. The van der Waals surface area contributed by atoms with Gasteiger partial charge in [-0.2, -0.15) is 0 Å². The molecule has 0 bridgehead atoms. The van der Waals surface area contributed by atoms with Crippen molar-refractivity contribution in [2.75, 3.05) is 6.54 Å². The van der Waals surface area contributed by atoms with Gasteiger partial charge >= 0.3 is 0 Å². The van der Waals surface area contributed by atoms with Crippen molar-refractivity contribution in [3.8, 4) is 0 Å². The van der Waals surface area contributed by atoms with E-state index < -0.39 is 4.87 Å². The molecule has 2 heteroatoms. The Balaban J connectivity index is 2.34. The lowest BCUT2D eigenvalue weighted by Gasteiger charge is -2.24. The summed E-state index contributed by atoms with van der Waals surface area (Å²) in [6.45, 7) is 0.467. The summed E-state index contributed by atoms with van der Waals surface area (Å²) in [7, 11) is 0. The van der Waals surface area contributed by atoms with Crippen molar-refractivity contribution < 1.29 is 0 Å². The van der Waals surface area contributed by atoms with Crippen molar-refractivity contribution in [3.05, 3.63) is 54.1 Å². The zero-order valence-corrected chi connectivity index (χ0v) is 9.24. The molecule has 1 nitrogen and oxygen atoms in total. The molecule has 0 heterocycles. The van der Waals surface area contributed by atoms with Gasteiger partial charge in [0.05, 0.1) is 4.87 Å². The normalized spacial score (nSPS) is 25.1. The molecule has 1 unspecified atom stereocenters. The van der Waals surface area contributed by atoms with Crippen LogP contribution < -0.4 is 5.73 Å². The van der Waals surface area contributed by atoms with Crippen LogP contribution >= 0.6 is 11.6 Å². The summed E-state index contributed by atoms with van der Waals surface area (Å²) in [6, 6.07) is 10.2. The summed E-state index contributed by atoms with van der Waals surface area (Å²) >= 11 is 6.35. The smallest absolute Gasteiger partial charge is 0.0791 e. The zero-order valence-electron chi connectivity index (χ0n) is 8.49. The zero-order chi connectivity index (χ0) is 10.7. The largest absolute Gasteiger partial charge is 0.328 e. The molecule has 0 radical (unpaired) electrons. The van der Waals surface area contributed by atoms with E-state index in [0.717, 1.165) is 12.0 Å². The maximum Gasteiger partial charge on any atom is 0.0791 e. The highest BCUT2D eigenvalue weighted by atomic mass is 35.5. The molecule has 1 aliphatic carbocycles. The summed E-state index contributed by atoms with van der Waals surface area (Å²) in [4.78, 5) is -0.403. The van der Waals surface area contributed by atoms with Crippen LogP contribution in [-0.2, 0) is 0 Å². The highest BCUT2D eigenvalue weighted by Crippen LogP contribution is 2.31. The number of rotatable bonds is 2. The van der Waals surface area contributed by atoms with E-state index in [2.05, 4.69) is 30.4 Å². The minimum atomic E-state index is -0.403. The quantitative estimate of drug-likeness (QED) is 0.761. The van der Waals surface area contributed by atoms with Crippen LogP contribution in [0, 0.1) is 0 Å². The lowest BCUT2D eigenvalue weighted by atomic mass is 9.92. The average molecular weight is 220 g/mol. The van der Waals surface area contributed by atoms with Crippen LogP contribution in [0.25, 0.3) is 5.57 Å². The SMILES string of the molecule is NCC1(Cl)C=C(c2ccccc2)C=CC1. The molecule has 0 spiro atoms. The average Bonchev–Trinajstić information content (AvgIpc) is 2.30. The highest BCUT2D eigenvalue weighted by molar-refractivity contribution is 6.26. The Morgan fingerprint density at radius 1 is 1.27 bits per heavy atom. The monoisotopic (exact) mass is 219 g/mol. The molecule has 78 valence electrons. The lowest BCUT2D eigenvalue weighted by molar-refractivity contribution is 0.714. The standard InChI is InChI=1S/C13H14ClN/c14-13(10-15)8-4-7-12(9-13)11-5-2-1-3-6-11/h1-7,9H,8,10,15H2. The molecule has 1 atom stereocenters. The van der Waals surface area contributed by atoms with E-state index in [1.807, 2.05) is 18.2 Å². The molecule has 15 heavy (non-hydrogen) atoms. The van der Waals surface area contributed by atoms with Gasteiger partial charge in [0, 0.05) is 6.54 Å². The van der Waals surface area contributed by atoms with Crippen LogP contribution in [0.15, 0.2) is 48.6 Å². The Morgan fingerprint density at radius 3 is 2.67 bits per heavy atom. The Morgan fingerprint density at radius 2 is 2.00 bits per heavy atom. The van der Waals surface area contributed by atoms with E-state index in [1.54, 1.807) is 0 Å². The van der Waals surface area contributed by atoms with Gasteiger partial charge in [-0.25, -0.2) is 0 Å². The molecule has 0 saturated carbocycles. The predicted molar refractivity (Wildman–Crippen MR) is 65.8 cm³/mol. The molecule has 0 amide bonds. The van der Waals surface area contributed by atoms with Gasteiger partial charge in [0.2, 0.25) is 0 Å². The Kier molecular flexibility index (Phi) is 2.94. The van der Waals surface area contributed by atoms with Crippen molar-refractivity contribution in [1.82, 2.24) is 0 Å². The van der Waals surface area contributed by atoms with E-state index in [9.17, 15) is 0 Å².